The van der Waals surface area contributed by atoms with Crippen molar-refractivity contribution in [2.24, 2.45) is 0 Å². The van der Waals surface area contributed by atoms with Crippen LogP contribution in [-0.4, -0.2) is 52.6 Å². The molecule has 0 aliphatic carbocycles. The van der Waals surface area contributed by atoms with Crippen molar-refractivity contribution in [2.75, 3.05) is 41.7 Å². The predicted molar refractivity (Wildman–Crippen MR) is 136 cm³/mol. The molecule has 3 aromatic rings. The zero-order valence-electron chi connectivity index (χ0n) is 22.2. The molecule has 0 saturated heterocycles. The van der Waals surface area contributed by atoms with Gasteiger partial charge >= 0.3 is 12.1 Å². The Balaban J connectivity index is 1.60. The summed E-state index contributed by atoms with van der Waals surface area (Å²) in [5.41, 5.74) is 2.35. The van der Waals surface area contributed by atoms with Gasteiger partial charge in [-0.1, -0.05) is 18.2 Å². The first-order chi connectivity index (χ1) is 19.2. The molecule has 8 nitrogen and oxygen atoms in total. The Morgan fingerprint density at radius 3 is 2.40 bits per heavy atom. The van der Waals surface area contributed by atoms with Gasteiger partial charge in [0.05, 0.1) is 32.9 Å². The summed E-state index contributed by atoms with van der Waals surface area (Å²) in [7, 11) is 6.33. The number of cyclic esters (lactones) is 1. The van der Waals surface area contributed by atoms with Gasteiger partial charge in [-0.2, -0.15) is 13.2 Å². The number of benzene rings is 3. The standard InChI is InChI=1S/C29H26F3NO7/c1-33-11-10-16-19(14-6-5-7-15(12-14)29(30,31)32)26-27(39-13-38-26)25(37-4)20(16)22(33)23-17-8-9-18(35-2)24(36-3)21(17)28(34)40-23/h5-9,12,22-23H,10-11,13H2,1-4H3/t22-,23?/m1/s1. The Kier molecular flexibility index (Phi) is 6.21. The number of ether oxygens (including phenoxy) is 6. The van der Waals surface area contributed by atoms with E-state index in [0.717, 1.165) is 17.7 Å². The Morgan fingerprint density at radius 2 is 1.70 bits per heavy atom. The lowest BCUT2D eigenvalue weighted by Gasteiger charge is -2.39. The van der Waals surface area contributed by atoms with Gasteiger partial charge in [-0.15, -0.1) is 0 Å². The van der Waals surface area contributed by atoms with E-state index in [4.69, 9.17) is 28.4 Å². The number of esters is 1. The third-order valence-corrected chi connectivity index (χ3v) is 7.69. The molecule has 0 fully saturated rings. The van der Waals surface area contributed by atoms with Crippen molar-refractivity contribution in [1.29, 1.82) is 0 Å². The van der Waals surface area contributed by atoms with Crippen LogP contribution in [0.15, 0.2) is 36.4 Å². The van der Waals surface area contributed by atoms with E-state index in [0.29, 0.717) is 58.2 Å². The molecule has 2 atom stereocenters. The Hall–Kier alpha value is -4.12. The van der Waals surface area contributed by atoms with Crippen LogP contribution in [0.25, 0.3) is 11.1 Å². The zero-order chi connectivity index (χ0) is 28.3. The molecule has 11 heteroatoms. The van der Waals surface area contributed by atoms with Crippen LogP contribution >= 0.6 is 0 Å². The molecule has 0 radical (unpaired) electrons. The largest absolute Gasteiger partial charge is 0.493 e. The molecular weight excluding hydrogens is 531 g/mol. The molecule has 0 aromatic heterocycles. The van der Waals surface area contributed by atoms with Crippen LogP contribution in [0.1, 0.15) is 44.8 Å². The number of nitrogens with zero attached hydrogens (tertiary/aromatic N) is 1. The lowest BCUT2D eigenvalue weighted by Crippen LogP contribution is -2.36. The van der Waals surface area contributed by atoms with Gasteiger partial charge < -0.3 is 28.4 Å². The second-order valence-electron chi connectivity index (χ2n) is 9.71. The highest BCUT2D eigenvalue weighted by molar-refractivity contribution is 5.98. The summed E-state index contributed by atoms with van der Waals surface area (Å²) in [6, 6.07) is 8.06. The van der Waals surface area contributed by atoms with Crippen LogP contribution in [0.2, 0.25) is 0 Å². The SMILES string of the molecule is COc1ccc2c(c1OC)C(=O)OC2[C@H]1c2c(c(-c3cccc(C(F)(F)F)c3)c3c(c2OC)OCO3)CCN1C. The lowest BCUT2D eigenvalue weighted by atomic mass is 9.81. The summed E-state index contributed by atoms with van der Waals surface area (Å²) in [5.74, 6) is 1.12. The topological polar surface area (TPSA) is 75.7 Å². The van der Waals surface area contributed by atoms with Crippen LogP contribution < -0.4 is 23.7 Å². The van der Waals surface area contributed by atoms with Crippen molar-refractivity contribution in [3.8, 4) is 39.9 Å². The van der Waals surface area contributed by atoms with E-state index in [1.165, 1.54) is 27.4 Å². The number of carbonyl (C=O) groups is 1. The number of hydrogen-bond acceptors (Lipinski definition) is 8. The maximum atomic E-state index is 13.7. The van der Waals surface area contributed by atoms with Crippen LogP contribution in [0.3, 0.4) is 0 Å². The average Bonchev–Trinajstić information content (AvgIpc) is 3.55. The van der Waals surface area contributed by atoms with Crippen LogP contribution in [0, 0.1) is 0 Å². The Morgan fingerprint density at radius 1 is 0.950 bits per heavy atom. The normalized spacial score (nSPS) is 19.6. The minimum absolute atomic E-state index is 0.112. The number of fused-ring (bicyclic) bond motifs is 3. The molecule has 0 saturated carbocycles. The van der Waals surface area contributed by atoms with Crippen LogP contribution in [0.5, 0.6) is 28.7 Å². The van der Waals surface area contributed by atoms with Crippen molar-refractivity contribution in [2.45, 2.75) is 24.7 Å². The zero-order valence-corrected chi connectivity index (χ0v) is 22.2. The van der Waals surface area contributed by atoms with Gasteiger partial charge in [-0.25, -0.2) is 4.79 Å². The molecule has 210 valence electrons. The summed E-state index contributed by atoms with van der Waals surface area (Å²) >= 11 is 0. The van der Waals surface area contributed by atoms with Gasteiger partial charge in [0, 0.05) is 23.2 Å². The fourth-order valence-electron chi connectivity index (χ4n) is 5.99. The summed E-state index contributed by atoms with van der Waals surface area (Å²) in [4.78, 5) is 15.2. The maximum Gasteiger partial charge on any atom is 0.416 e. The number of carbonyl (C=O) groups excluding carboxylic acids is 1. The second kappa shape index (κ2) is 9.51. The van der Waals surface area contributed by atoms with Gasteiger partial charge in [0.1, 0.15) is 11.7 Å². The second-order valence-corrected chi connectivity index (χ2v) is 9.71. The Bertz CT molecular complexity index is 1520. The fraction of sp³-hybridized carbons (Fsp3) is 0.345. The summed E-state index contributed by atoms with van der Waals surface area (Å²) in [6.07, 6.45) is -4.80. The fourth-order valence-corrected chi connectivity index (χ4v) is 5.99. The molecule has 3 aromatic carbocycles. The van der Waals surface area contributed by atoms with E-state index >= 15 is 0 Å². The number of methoxy groups -OCH3 is 3. The molecule has 0 spiro atoms. The average molecular weight is 558 g/mol. The van der Waals surface area contributed by atoms with Gasteiger partial charge in [0.2, 0.25) is 12.5 Å². The summed E-state index contributed by atoms with van der Waals surface area (Å²) in [6.45, 7) is 0.419. The molecule has 6 rings (SSSR count). The van der Waals surface area contributed by atoms with E-state index in [2.05, 4.69) is 0 Å². The molecule has 3 aliphatic heterocycles. The molecule has 3 heterocycles. The van der Waals surface area contributed by atoms with Crippen molar-refractivity contribution < 1.29 is 46.4 Å². The number of rotatable bonds is 5. The summed E-state index contributed by atoms with van der Waals surface area (Å²) in [5, 5.41) is 0. The molecule has 0 bridgehead atoms. The van der Waals surface area contributed by atoms with Crippen molar-refractivity contribution in [3.05, 3.63) is 64.2 Å². The van der Waals surface area contributed by atoms with Gasteiger partial charge in [-0.05, 0) is 42.8 Å². The minimum Gasteiger partial charge on any atom is -0.493 e. The first kappa shape index (κ1) is 26.1. The number of likely N-dealkylation sites (N-methyl/N-ethyl adjacent to an activating group) is 1. The third kappa shape index (κ3) is 3.82. The number of alkyl halides is 3. The smallest absolute Gasteiger partial charge is 0.416 e. The highest BCUT2D eigenvalue weighted by Gasteiger charge is 2.47. The van der Waals surface area contributed by atoms with Gasteiger partial charge in [0.25, 0.3) is 0 Å². The first-order valence-electron chi connectivity index (χ1n) is 12.6. The van der Waals surface area contributed by atoms with Crippen molar-refractivity contribution in [1.82, 2.24) is 4.90 Å². The van der Waals surface area contributed by atoms with Gasteiger partial charge in [-0.3, -0.25) is 4.90 Å². The molecule has 40 heavy (non-hydrogen) atoms. The minimum atomic E-state index is -4.52. The highest BCUT2D eigenvalue weighted by Crippen LogP contribution is 2.59. The maximum absolute atomic E-state index is 13.7. The van der Waals surface area contributed by atoms with Gasteiger partial charge in [0.15, 0.2) is 23.0 Å². The molecule has 0 amide bonds. The predicted octanol–water partition coefficient (Wildman–Crippen LogP) is 5.57. The monoisotopic (exact) mass is 557 g/mol. The van der Waals surface area contributed by atoms with Crippen molar-refractivity contribution in [3.63, 3.8) is 0 Å². The lowest BCUT2D eigenvalue weighted by molar-refractivity contribution is -0.137. The van der Waals surface area contributed by atoms with E-state index in [-0.39, 0.29) is 18.1 Å². The Labute approximate surface area is 228 Å². The van der Waals surface area contributed by atoms with E-state index < -0.39 is 29.9 Å². The van der Waals surface area contributed by atoms with Crippen LogP contribution in [0.4, 0.5) is 13.2 Å². The number of halogens is 3. The molecular formula is C29H26F3NO7. The molecule has 3 aliphatic rings. The van der Waals surface area contributed by atoms with E-state index in [9.17, 15) is 18.0 Å². The third-order valence-electron chi connectivity index (χ3n) is 7.69. The van der Waals surface area contributed by atoms with Crippen molar-refractivity contribution >= 4 is 5.97 Å². The highest BCUT2D eigenvalue weighted by atomic mass is 19.4. The van der Waals surface area contributed by atoms with Crippen LogP contribution in [-0.2, 0) is 17.3 Å². The molecule has 1 unspecified atom stereocenters. The molecule has 0 N–H and O–H groups in total. The number of hydrogen-bond donors (Lipinski definition) is 0. The van der Waals surface area contributed by atoms with E-state index in [1.807, 2.05) is 11.9 Å². The van der Waals surface area contributed by atoms with E-state index in [1.54, 1.807) is 18.2 Å². The first-order valence-corrected chi connectivity index (χ1v) is 12.6. The summed E-state index contributed by atoms with van der Waals surface area (Å²) < 4.78 is 75.4. The quantitative estimate of drug-likeness (QED) is 0.377.